The number of aromatic nitrogens is 1. The van der Waals surface area contributed by atoms with Crippen molar-refractivity contribution >= 4 is 11.7 Å². The number of carbonyl (C=O) groups excluding carboxylic acids is 1. The van der Waals surface area contributed by atoms with Crippen LogP contribution in [-0.2, 0) is 0 Å². The molecule has 0 aromatic carbocycles. The summed E-state index contributed by atoms with van der Waals surface area (Å²) >= 11 is 0. The fraction of sp³-hybridized carbons (Fsp3) is 0.455. The number of nitrogens with two attached hydrogens (primary N) is 1. The maximum absolute atomic E-state index is 12.1. The van der Waals surface area contributed by atoms with Gasteiger partial charge >= 0.3 is 0 Å². The van der Waals surface area contributed by atoms with Gasteiger partial charge in [-0.2, -0.15) is 0 Å². The molecular formula is C11H15N3O. The van der Waals surface area contributed by atoms with Crippen LogP contribution in [0.5, 0.6) is 0 Å². The summed E-state index contributed by atoms with van der Waals surface area (Å²) in [7, 11) is 0. The number of hydrogen-bond donors (Lipinski definition) is 1. The monoisotopic (exact) mass is 205 g/mol. The molecule has 1 aliphatic rings. The van der Waals surface area contributed by atoms with Gasteiger partial charge < -0.3 is 10.6 Å². The van der Waals surface area contributed by atoms with Crippen LogP contribution in [0.2, 0.25) is 0 Å². The van der Waals surface area contributed by atoms with E-state index in [0.717, 1.165) is 19.4 Å². The largest absolute Gasteiger partial charge is 0.384 e. The fourth-order valence-corrected chi connectivity index (χ4v) is 1.70. The van der Waals surface area contributed by atoms with E-state index in [1.54, 1.807) is 18.3 Å². The standard InChI is InChI=1S/C11H15N3O/c1-2-14(9-3-4-9)11(15)8-5-6-13-10(12)7-8/h5-7,9H,2-4H2,1H3,(H2,12,13). The molecular weight excluding hydrogens is 190 g/mol. The molecule has 0 aliphatic heterocycles. The molecule has 1 saturated carbocycles. The first-order valence-corrected chi connectivity index (χ1v) is 5.25. The average Bonchev–Trinajstić information content (AvgIpc) is 3.03. The summed E-state index contributed by atoms with van der Waals surface area (Å²) in [6, 6.07) is 3.79. The van der Waals surface area contributed by atoms with Crippen molar-refractivity contribution in [1.82, 2.24) is 9.88 Å². The van der Waals surface area contributed by atoms with Crippen molar-refractivity contribution in [2.45, 2.75) is 25.8 Å². The summed E-state index contributed by atoms with van der Waals surface area (Å²) in [5.41, 5.74) is 6.18. The van der Waals surface area contributed by atoms with Gasteiger partial charge in [-0.15, -0.1) is 0 Å². The minimum Gasteiger partial charge on any atom is -0.384 e. The first kappa shape index (κ1) is 9.96. The Morgan fingerprint density at radius 3 is 2.93 bits per heavy atom. The number of nitrogens with zero attached hydrogens (tertiary/aromatic N) is 2. The maximum atomic E-state index is 12.1. The van der Waals surface area contributed by atoms with Crippen LogP contribution >= 0.6 is 0 Å². The second-order valence-electron chi connectivity index (χ2n) is 3.79. The maximum Gasteiger partial charge on any atom is 0.254 e. The molecule has 1 fully saturated rings. The van der Waals surface area contributed by atoms with Crippen molar-refractivity contribution in [3.63, 3.8) is 0 Å². The number of amides is 1. The van der Waals surface area contributed by atoms with E-state index in [4.69, 9.17) is 5.73 Å². The van der Waals surface area contributed by atoms with Gasteiger partial charge in [-0.3, -0.25) is 4.79 Å². The third kappa shape index (κ3) is 2.09. The Balaban J connectivity index is 2.18. The average molecular weight is 205 g/mol. The number of anilines is 1. The van der Waals surface area contributed by atoms with Gasteiger partial charge in [-0.05, 0) is 31.9 Å². The Hall–Kier alpha value is -1.58. The van der Waals surface area contributed by atoms with Gasteiger partial charge in [-0.25, -0.2) is 4.98 Å². The summed E-state index contributed by atoms with van der Waals surface area (Å²) < 4.78 is 0. The highest BCUT2D eigenvalue weighted by molar-refractivity contribution is 5.95. The number of hydrogen-bond acceptors (Lipinski definition) is 3. The third-order valence-electron chi connectivity index (χ3n) is 2.62. The van der Waals surface area contributed by atoms with Crippen molar-refractivity contribution in [3.05, 3.63) is 23.9 Å². The molecule has 2 N–H and O–H groups in total. The number of rotatable bonds is 3. The van der Waals surface area contributed by atoms with Crippen LogP contribution < -0.4 is 5.73 Å². The molecule has 1 heterocycles. The molecule has 0 spiro atoms. The van der Waals surface area contributed by atoms with Crippen LogP contribution in [0.1, 0.15) is 30.1 Å². The molecule has 1 amide bonds. The van der Waals surface area contributed by atoms with Crippen molar-refractivity contribution in [2.24, 2.45) is 0 Å². The summed E-state index contributed by atoms with van der Waals surface area (Å²) in [6.07, 6.45) is 3.82. The topological polar surface area (TPSA) is 59.2 Å². The highest BCUT2D eigenvalue weighted by Crippen LogP contribution is 2.27. The molecule has 1 aromatic heterocycles. The van der Waals surface area contributed by atoms with Crippen LogP contribution in [0.3, 0.4) is 0 Å². The van der Waals surface area contributed by atoms with Gasteiger partial charge in [0.15, 0.2) is 0 Å². The Bertz CT molecular complexity index is 374. The van der Waals surface area contributed by atoms with E-state index < -0.39 is 0 Å². The first-order chi connectivity index (χ1) is 7.22. The highest BCUT2D eigenvalue weighted by Gasteiger charge is 2.31. The number of nitrogen functional groups attached to an aromatic ring is 1. The van der Waals surface area contributed by atoms with Gasteiger partial charge in [-0.1, -0.05) is 0 Å². The smallest absolute Gasteiger partial charge is 0.254 e. The zero-order chi connectivity index (χ0) is 10.8. The van der Waals surface area contributed by atoms with Gasteiger partial charge in [0, 0.05) is 24.3 Å². The number of carbonyl (C=O) groups is 1. The van der Waals surface area contributed by atoms with E-state index >= 15 is 0 Å². The van der Waals surface area contributed by atoms with Crippen LogP contribution in [0, 0.1) is 0 Å². The summed E-state index contributed by atoms with van der Waals surface area (Å²) in [6.45, 7) is 2.76. The zero-order valence-electron chi connectivity index (χ0n) is 8.81. The van der Waals surface area contributed by atoms with Gasteiger partial charge in [0.1, 0.15) is 5.82 Å². The molecule has 15 heavy (non-hydrogen) atoms. The summed E-state index contributed by atoms with van der Waals surface area (Å²) in [4.78, 5) is 17.8. The van der Waals surface area contributed by atoms with Crippen LogP contribution in [0.25, 0.3) is 0 Å². The summed E-state index contributed by atoms with van der Waals surface area (Å²) in [5, 5.41) is 0. The highest BCUT2D eigenvalue weighted by atomic mass is 16.2. The Kier molecular flexibility index (Phi) is 2.58. The lowest BCUT2D eigenvalue weighted by Crippen LogP contribution is -2.32. The molecule has 0 atom stereocenters. The predicted molar refractivity (Wildman–Crippen MR) is 58.4 cm³/mol. The molecule has 0 unspecified atom stereocenters. The Morgan fingerprint density at radius 1 is 1.67 bits per heavy atom. The normalized spacial score (nSPS) is 15.0. The fourth-order valence-electron chi connectivity index (χ4n) is 1.70. The van der Waals surface area contributed by atoms with Gasteiger partial charge in [0.25, 0.3) is 5.91 Å². The first-order valence-electron chi connectivity index (χ1n) is 5.25. The van der Waals surface area contributed by atoms with E-state index in [0.29, 0.717) is 17.4 Å². The lowest BCUT2D eigenvalue weighted by molar-refractivity contribution is 0.0752. The minimum atomic E-state index is 0.0640. The quantitative estimate of drug-likeness (QED) is 0.808. The Labute approximate surface area is 89.1 Å². The zero-order valence-corrected chi connectivity index (χ0v) is 8.81. The second-order valence-corrected chi connectivity index (χ2v) is 3.79. The van der Waals surface area contributed by atoms with Gasteiger partial charge in [0.2, 0.25) is 0 Å². The molecule has 1 aliphatic carbocycles. The lowest BCUT2D eigenvalue weighted by Gasteiger charge is -2.20. The van der Waals surface area contributed by atoms with Crippen molar-refractivity contribution in [3.8, 4) is 0 Å². The summed E-state index contributed by atoms with van der Waals surface area (Å²) in [5.74, 6) is 0.460. The van der Waals surface area contributed by atoms with Crippen molar-refractivity contribution in [2.75, 3.05) is 12.3 Å². The van der Waals surface area contributed by atoms with E-state index in [9.17, 15) is 4.79 Å². The molecule has 2 rings (SSSR count). The Morgan fingerprint density at radius 2 is 2.40 bits per heavy atom. The second kappa shape index (κ2) is 3.88. The molecule has 0 saturated heterocycles. The molecule has 1 aromatic rings. The van der Waals surface area contributed by atoms with Crippen molar-refractivity contribution < 1.29 is 4.79 Å². The SMILES string of the molecule is CCN(C(=O)c1ccnc(N)c1)C1CC1. The third-order valence-corrected chi connectivity index (χ3v) is 2.62. The molecule has 4 nitrogen and oxygen atoms in total. The van der Waals surface area contributed by atoms with Crippen LogP contribution in [0.4, 0.5) is 5.82 Å². The number of pyridine rings is 1. The molecule has 0 bridgehead atoms. The van der Waals surface area contributed by atoms with Crippen LogP contribution in [0.15, 0.2) is 18.3 Å². The molecule has 4 heteroatoms. The van der Waals surface area contributed by atoms with Crippen molar-refractivity contribution in [1.29, 1.82) is 0 Å². The molecule has 80 valence electrons. The van der Waals surface area contributed by atoms with Crippen LogP contribution in [-0.4, -0.2) is 28.4 Å². The van der Waals surface area contributed by atoms with E-state index in [2.05, 4.69) is 4.98 Å². The predicted octanol–water partition coefficient (Wildman–Crippen LogP) is 1.29. The van der Waals surface area contributed by atoms with Gasteiger partial charge in [0.05, 0.1) is 0 Å². The minimum absolute atomic E-state index is 0.0640. The van der Waals surface area contributed by atoms with E-state index in [1.165, 1.54) is 0 Å². The lowest BCUT2D eigenvalue weighted by atomic mass is 10.2. The van der Waals surface area contributed by atoms with E-state index in [1.807, 2.05) is 11.8 Å². The molecule has 0 radical (unpaired) electrons. The van der Waals surface area contributed by atoms with E-state index in [-0.39, 0.29) is 5.91 Å².